The molecule has 1 aromatic heterocycles. The third-order valence-corrected chi connectivity index (χ3v) is 1.67. The third-order valence-electron chi connectivity index (χ3n) is 1.67. The van der Waals surface area contributed by atoms with E-state index in [1.165, 1.54) is 25.1 Å². The van der Waals surface area contributed by atoms with Crippen LogP contribution in [0.2, 0.25) is 0 Å². The molecule has 0 amide bonds. The number of hydrogen-bond acceptors (Lipinski definition) is 2. The molecular formula is C8H9FN2. The molecule has 11 heavy (non-hydrogen) atoms. The summed E-state index contributed by atoms with van der Waals surface area (Å²) in [6.07, 6.45) is 3.87. The zero-order valence-electron chi connectivity index (χ0n) is 6.05. The normalized spacial score (nSPS) is 16.5. The highest BCUT2D eigenvalue weighted by atomic mass is 19.1. The highest BCUT2D eigenvalue weighted by Crippen LogP contribution is 2.24. The first-order chi connectivity index (χ1) is 5.34. The van der Waals surface area contributed by atoms with Gasteiger partial charge in [-0.2, -0.15) is 4.39 Å². The molecule has 1 aliphatic carbocycles. The molecule has 0 radical (unpaired) electrons. The van der Waals surface area contributed by atoms with Crippen molar-refractivity contribution in [2.24, 2.45) is 0 Å². The molecule has 0 spiro atoms. The summed E-state index contributed by atoms with van der Waals surface area (Å²) in [4.78, 5) is 3.46. The van der Waals surface area contributed by atoms with Gasteiger partial charge in [0.15, 0.2) is 0 Å². The van der Waals surface area contributed by atoms with E-state index in [1.807, 2.05) is 0 Å². The monoisotopic (exact) mass is 152 g/mol. The Morgan fingerprint density at radius 3 is 3.00 bits per heavy atom. The van der Waals surface area contributed by atoms with Crippen molar-refractivity contribution < 1.29 is 4.39 Å². The molecule has 0 bridgehead atoms. The molecule has 58 valence electrons. The second-order valence-corrected chi connectivity index (χ2v) is 2.79. The van der Waals surface area contributed by atoms with Gasteiger partial charge in [-0.05, 0) is 18.9 Å². The van der Waals surface area contributed by atoms with E-state index in [9.17, 15) is 4.39 Å². The molecule has 1 N–H and O–H groups in total. The molecule has 0 aromatic carbocycles. The summed E-state index contributed by atoms with van der Waals surface area (Å²) in [7, 11) is 0. The van der Waals surface area contributed by atoms with E-state index in [0.717, 1.165) is 5.69 Å². The fourth-order valence-corrected chi connectivity index (χ4v) is 0.956. The van der Waals surface area contributed by atoms with Gasteiger partial charge in [0, 0.05) is 24.0 Å². The first-order valence-corrected chi connectivity index (χ1v) is 3.73. The molecule has 3 heteroatoms. The van der Waals surface area contributed by atoms with E-state index in [1.54, 1.807) is 6.07 Å². The van der Waals surface area contributed by atoms with Crippen LogP contribution in [0, 0.1) is 5.95 Å². The van der Waals surface area contributed by atoms with Gasteiger partial charge in [0.05, 0.1) is 0 Å². The van der Waals surface area contributed by atoms with E-state index >= 15 is 0 Å². The van der Waals surface area contributed by atoms with Crippen molar-refractivity contribution in [3.63, 3.8) is 0 Å². The Bertz CT molecular complexity index is 258. The first-order valence-electron chi connectivity index (χ1n) is 3.73. The van der Waals surface area contributed by atoms with E-state index in [-0.39, 0.29) is 0 Å². The standard InChI is InChI=1S/C8H9FN2/c9-8-5-7(3-4-10-8)11-6-1-2-6/h3-6H,1-2H2,(H,10,11). The highest BCUT2D eigenvalue weighted by Gasteiger charge is 2.20. The Morgan fingerprint density at radius 2 is 2.36 bits per heavy atom. The minimum Gasteiger partial charge on any atom is -0.382 e. The lowest BCUT2D eigenvalue weighted by molar-refractivity contribution is 0.584. The predicted molar refractivity (Wildman–Crippen MR) is 40.8 cm³/mol. The lowest BCUT2D eigenvalue weighted by Gasteiger charge is -2.01. The second-order valence-electron chi connectivity index (χ2n) is 2.79. The Kier molecular flexibility index (Phi) is 1.49. The first kappa shape index (κ1) is 6.58. The summed E-state index contributed by atoms with van der Waals surface area (Å²) in [6.45, 7) is 0. The topological polar surface area (TPSA) is 24.9 Å². The zero-order valence-corrected chi connectivity index (χ0v) is 6.05. The van der Waals surface area contributed by atoms with Crippen LogP contribution in [0.3, 0.4) is 0 Å². The maximum atomic E-state index is 12.5. The van der Waals surface area contributed by atoms with Crippen LogP contribution >= 0.6 is 0 Å². The van der Waals surface area contributed by atoms with Crippen molar-refractivity contribution in [3.8, 4) is 0 Å². The fraction of sp³-hybridized carbons (Fsp3) is 0.375. The van der Waals surface area contributed by atoms with Gasteiger partial charge in [0.1, 0.15) is 0 Å². The maximum Gasteiger partial charge on any atom is 0.214 e. The van der Waals surface area contributed by atoms with Gasteiger partial charge < -0.3 is 5.32 Å². The molecule has 1 saturated carbocycles. The van der Waals surface area contributed by atoms with Crippen molar-refractivity contribution in [2.75, 3.05) is 5.32 Å². The molecular weight excluding hydrogens is 143 g/mol. The molecule has 1 aliphatic rings. The van der Waals surface area contributed by atoms with E-state index in [2.05, 4.69) is 10.3 Å². The van der Waals surface area contributed by atoms with Crippen LogP contribution in [0.5, 0.6) is 0 Å². The number of rotatable bonds is 2. The highest BCUT2D eigenvalue weighted by molar-refractivity contribution is 5.43. The summed E-state index contributed by atoms with van der Waals surface area (Å²) in [5.41, 5.74) is 0.833. The van der Waals surface area contributed by atoms with Crippen molar-refractivity contribution in [2.45, 2.75) is 18.9 Å². The Balaban J connectivity index is 2.10. The van der Waals surface area contributed by atoms with Crippen LogP contribution in [0.1, 0.15) is 12.8 Å². The van der Waals surface area contributed by atoms with Gasteiger partial charge in [-0.1, -0.05) is 0 Å². The van der Waals surface area contributed by atoms with Crippen molar-refractivity contribution in [3.05, 3.63) is 24.3 Å². The number of anilines is 1. The Morgan fingerprint density at radius 1 is 1.55 bits per heavy atom. The number of hydrogen-bond donors (Lipinski definition) is 1. The molecule has 0 saturated heterocycles. The summed E-state index contributed by atoms with van der Waals surface area (Å²) in [6, 6.07) is 3.76. The van der Waals surface area contributed by atoms with E-state index < -0.39 is 5.95 Å². The molecule has 0 atom stereocenters. The number of halogens is 1. The second kappa shape index (κ2) is 2.49. The molecule has 1 fully saturated rings. The van der Waals surface area contributed by atoms with Crippen LogP contribution in [-0.2, 0) is 0 Å². The predicted octanol–water partition coefficient (Wildman–Crippen LogP) is 1.79. The number of pyridine rings is 1. The molecule has 0 aliphatic heterocycles. The smallest absolute Gasteiger partial charge is 0.214 e. The maximum absolute atomic E-state index is 12.5. The zero-order chi connectivity index (χ0) is 7.68. The molecule has 0 unspecified atom stereocenters. The van der Waals surface area contributed by atoms with Crippen LogP contribution in [-0.4, -0.2) is 11.0 Å². The SMILES string of the molecule is Fc1cc(NC2CC2)ccn1. The van der Waals surface area contributed by atoms with Crippen molar-refractivity contribution >= 4 is 5.69 Å². The molecule has 1 aromatic rings. The third kappa shape index (κ3) is 1.67. The average molecular weight is 152 g/mol. The van der Waals surface area contributed by atoms with Gasteiger partial charge in [0.25, 0.3) is 0 Å². The lowest BCUT2D eigenvalue weighted by Crippen LogP contribution is -2.00. The summed E-state index contributed by atoms with van der Waals surface area (Å²) in [5, 5.41) is 3.18. The minimum atomic E-state index is -0.421. The van der Waals surface area contributed by atoms with Gasteiger partial charge in [0.2, 0.25) is 5.95 Å². The summed E-state index contributed by atoms with van der Waals surface area (Å²) < 4.78 is 12.5. The number of nitrogens with zero attached hydrogens (tertiary/aromatic N) is 1. The van der Waals surface area contributed by atoms with Gasteiger partial charge >= 0.3 is 0 Å². The van der Waals surface area contributed by atoms with Crippen LogP contribution in [0.4, 0.5) is 10.1 Å². The molecule has 2 nitrogen and oxygen atoms in total. The fourth-order valence-electron chi connectivity index (χ4n) is 0.956. The molecule has 2 rings (SSSR count). The van der Waals surface area contributed by atoms with Gasteiger partial charge in [-0.25, -0.2) is 4.98 Å². The van der Waals surface area contributed by atoms with E-state index in [4.69, 9.17) is 0 Å². The lowest BCUT2D eigenvalue weighted by atomic mass is 10.4. The summed E-state index contributed by atoms with van der Waals surface area (Å²) >= 11 is 0. The largest absolute Gasteiger partial charge is 0.382 e. The number of nitrogens with one attached hydrogen (secondary N) is 1. The van der Waals surface area contributed by atoms with Crippen LogP contribution in [0.15, 0.2) is 18.3 Å². The van der Waals surface area contributed by atoms with Crippen LogP contribution < -0.4 is 5.32 Å². The van der Waals surface area contributed by atoms with Gasteiger partial charge in [-0.3, -0.25) is 0 Å². The Labute approximate surface area is 64.5 Å². The summed E-state index contributed by atoms with van der Waals surface area (Å²) in [5.74, 6) is -0.421. The molecule has 1 heterocycles. The van der Waals surface area contributed by atoms with Crippen LogP contribution in [0.25, 0.3) is 0 Å². The van der Waals surface area contributed by atoms with Crippen molar-refractivity contribution in [1.29, 1.82) is 0 Å². The van der Waals surface area contributed by atoms with Gasteiger partial charge in [-0.15, -0.1) is 0 Å². The van der Waals surface area contributed by atoms with Crippen molar-refractivity contribution in [1.82, 2.24) is 4.98 Å². The quantitative estimate of drug-likeness (QED) is 0.653. The average Bonchev–Trinajstić information content (AvgIpc) is 2.71. The van der Waals surface area contributed by atoms with E-state index in [0.29, 0.717) is 6.04 Å². The number of aromatic nitrogens is 1. The Hall–Kier alpha value is -1.12. The minimum absolute atomic E-state index is 0.421.